The van der Waals surface area contributed by atoms with Crippen LogP contribution in [0.2, 0.25) is 0 Å². The average Bonchev–Trinajstić information content (AvgIpc) is 2.96. The van der Waals surface area contributed by atoms with Crippen LogP contribution in [-0.4, -0.2) is 18.4 Å². The standard InChI is InChI=1S/C18H17BrN2O2/c19-15-6-8-16(9-7-15)21-12-14(10-17(21)22)18(23)20-11-13-4-2-1-3-5-13/h1-9,14H,10-12H2,(H,20,23)/t14-/m0/s1. The van der Waals surface area contributed by atoms with Gasteiger partial charge in [0.2, 0.25) is 11.8 Å². The number of nitrogens with one attached hydrogen (secondary N) is 1. The number of benzene rings is 2. The van der Waals surface area contributed by atoms with Crippen molar-refractivity contribution in [2.24, 2.45) is 5.92 Å². The van der Waals surface area contributed by atoms with Gasteiger partial charge in [-0.25, -0.2) is 0 Å². The fraction of sp³-hybridized carbons (Fsp3) is 0.222. The highest BCUT2D eigenvalue weighted by molar-refractivity contribution is 9.10. The normalized spacial score (nSPS) is 17.3. The van der Waals surface area contributed by atoms with Crippen LogP contribution < -0.4 is 10.2 Å². The molecule has 0 aliphatic carbocycles. The fourth-order valence-electron chi connectivity index (χ4n) is 2.68. The van der Waals surface area contributed by atoms with Crippen LogP contribution in [0.15, 0.2) is 59.1 Å². The summed E-state index contributed by atoms with van der Waals surface area (Å²) in [7, 11) is 0. The first-order valence-electron chi connectivity index (χ1n) is 7.51. The number of nitrogens with zero attached hydrogens (tertiary/aromatic N) is 1. The lowest BCUT2D eigenvalue weighted by Gasteiger charge is -2.16. The lowest BCUT2D eigenvalue weighted by atomic mass is 10.1. The van der Waals surface area contributed by atoms with E-state index in [0.717, 1.165) is 15.7 Å². The van der Waals surface area contributed by atoms with Gasteiger partial charge in [-0.2, -0.15) is 0 Å². The van der Waals surface area contributed by atoms with E-state index >= 15 is 0 Å². The van der Waals surface area contributed by atoms with Crippen molar-refractivity contribution < 1.29 is 9.59 Å². The van der Waals surface area contributed by atoms with Gasteiger partial charge in [0.1, 0.15) is 0 Å². The minimum absolute atomic E-state index is 0.00724. The third kappa shape index (κ3) is 3.79. The largest absolute Gasteiger partial charge is 0.352 e. The molecule has 2 amide bonds. The molecule has 5 heteroatoms. The van der Waals surface area contributed by atoms with Gasteiger partial charge < -0.3 is 10.2 Å². The van der Waals surface area contributed by atoms with Gasteiger partial charge in [0, 0.05) is 29.7 Å². The van der Waals surface area contributed by atoms with E-state index in [1.165, 1.54) is 0 Å². The maximum Gasteiger partial charge on any atom is 0.227 e. The highest BCUT2D eigenvalue weighted by Crippen LogP contribution is 2.26. The van der Waals surface area contributed by atoms with E-state index in [0.29, 0.717) is 13.1 Å². The van der Waals surface area contributed by atoms with Crippen LogP contribution in [0.25, 0.3) is 0 Å². The van der Waals surface area contributed by atoms with E-state index in [9.17, 15) is 9.59 Å². The molecule has 1 atom stereocenters. The average molecular weight is 373 g/mol. The summed E-state index contributed by atoms with van der Waals surface area (Å²) in [6, 6.07) is 17.3. The topological polar surface area (TPSA) is 49.4 Å². The summed E-state index contributed by atoms with van der Waals surface area (Å²) < 4.78 is 0.963. The molecule has 0 aromatic heterocycles. The Morgan fingerprint density at radius 3 is 2.52 bits per heavy atom. The Balaban J connectivity index is 1.60. The Bertz CT molecular complexity index is 701. The van der Waals surface area contributed by atoms with Crippen LogP contribution in [-0.2, 0) is 16.1 Å². The Morgan fingerprint density at radius 1 is 1.13 bits per heavy atom. The molecule has 0 bridgehead atoms. The van der Waals surface area contributed by atoms with Crippen molar-refractivity contribution >= 4 is 33.4 Å². The number of rotatable bonds is 4. The maximum absolute atomic E-state index is 12.3. The van der Waals surface area contributed by atoms with Crippen LogP contribution in [0.1, 0.15) is 12.0 Å². The molecule has 2 aromatic carbocycles. The summed E-state index contributed by atoms with van der Waals surface area (Å²) in [4.78, 5) is 26.2. The van der Waals surface area contributed by atoms with Crippen LogP contribution in [0.4, 0.5) is 5.69 Å². The minimum atomic E-state index is -0.296. The molecule has 4 nitrogen and oxygen atoms in total. The van der Waals surface area contributed by atoms with E-state index < -0.39 is 0 Å². The predicted octanol–water partition coefficient (Wildman–Crippen LogP) is 3.12. The Morgan fingerprint density at radius 2 is 1.83 bits per heavy atom. The maximum atomic E-state index is 12.3. The van der Waals surface area contributed by atoms with Gasteiger partial charge in [-0.05, 0) is 29.8 Å². The molecule has 0 saturated carbocycles. The van der Waals surface area contributed by atoms with Crippen LogP contribution >= 0.6 is 15.9 Å². The van der Waals surface area contributed by atoms with Gasteiger partial charge in [0.05, 0.1) is 5.92 Å². The first kappa shape index (κ1) is 15.7. The smallest absolute Gasteiger partial charge is 0.227 e. The fourth-order valence-corrected chi connectivity index (χ4v) is 2.95. The first-order chi connectivity index (χ1) is 11.1. The van der Waals surface area contributed by atoms with E-state index in [1.807, 2.05) is 54.6 Å². The summed E-state index contributed by atoms with van der Waals surface area (Å²) in [5.74, 6) is -0.371. The molecular formula is C18H17BrN2O2. The summed E-state index contributed by atoms with van der Waals surface area (Å²) in [6.07, 6.45) is 0.261. The van der Waals surface area contributed by atoms with Gasteiger partial charge in [-0.15, -0.1) is 0 Å². The SMILES string of the molecule is O=C(NCc1ccccc1)[C@H]1CC(=O)N(c2ccc(Br)cc2)C1. The number of anilines is 1. The molecule has 1 fully saturated rings. The van der Waals surface area contributed by atoms with Crippen molar-refractivity contribution in [3.05, 3.63) is 64.6 Å². The Hall–Kier alpha value is -2.14. The molecule has 0 radical (unpaired) electrons. The quantitative estimate of drug-likeness (QED) is 0.896. The molecule has 118 valence electrons. The number of carbonyl (C=O) groups is 2. The summed E-state index contributed by atoms with van der Waals surface area (Å²) >= 11 is 3.38. The zero-order valence-electron chi connectivity index (χ0n) is 12.5. The van der Waals surface area contributed by atoms with Crippen molar-refractivity contribution in [1.29, 1.82) is 0 Å². The number of amides is 2. The van der Waals surface area contributed by atoms with Crippen molar-refractivity contribution in [2.45, 2.75) is 13.0 Å². The zero-order chi connectivity index (χ0) is 16.2. The first-order valence-corrected chi connectivity index (χ1v) is 8.30. The van der Waals surface area contributed by atoms with Crippen molar-refractivity contribution in [3.8, 4) is 0 Å². The molecule has 1 heterocycles. The summed E-state index contributed by atoms with van der Waals surface area (Å²) in [5.41, 5.74) is 1.88. The predicted molar refractivity (Wildman–Crippen MR) is 92.9 cm³/mol. The third-order valence-electron chi connectivity index (χ3n) is 3.94. The van der Waals surface area contributed by atoms with Gasteiger partial charge in [0.25, 0.3) is 0 Å². The summed E-state index contributed by atoms with van der Waals surface area (Å²) in [6.45, 7) is 0.920. The Kier molecular flexibility index (Phi) is 4.76. The van der Waals surface area contributed by atoms with E-state index in [-0.39, 0.29) is 24.2 Å². The molecule has 1 aliphatic rings. The number of hydrogen-bond donors (Lipinski definition) is 1. The van der Waals surface area contributed by atoms with E-state index in [4.69, 9.17) is 0 Å². The molecule has 23 heavy (non-hydrogen) atoms. The molecule has 1 aliphatic heterocycles. The molecule has 1 N–H and O–H groups in total. The molecule has 3 rings (SSSR count). The number of carbonyl (C=O) groups excluding carboxylic acids is 2. The second kappa shape index (κ2) is 6.96. The zero-order valence-corrected chi connectivity index (χ0v) is 14.1. The number of halogens is 1. The lowest BCUT2D eigenvalue weighted by molar-refractivity contribution is -0.126. The van der Waals surface area contributed by atoms with Crippen LogP contribution in [0, 0.1) is 5.92 Å². The van der Waals surface area contributed by atoms with E-state index in [2.05, 4.69) is 21.2 Å². The minimum Gasteiger partial charge on any atom is -0.352 e. The van der Waals surface area contributed by atoms with Crippen molar-refractivity contribution in [2.75, 3.05) is 11.4 Å². The highest BCUT2D eigenvalue weighted by Gasteiger charge is 2.34. The monoisotopic (exact) mass is 372 g/mol. The number of hydrogen-bond acceptors (Lipinski definition) is 2. The second-order valence-corrected chi connectivity index (χ2v) is 6.50. The Labute approximate surface area is 143 Å². The van der Waals surface area contributed by atoms with E-state index in [1.54, 1.807) is 4.90 Å². The van der Waals surface area contributed by atoms with Crippen LogP contribution in [0.3, 0.4) is 0 Å². The van der Waals surface area contributed by atoms with Crippen molar-refractivity contribution in [1.82, 2.24) is 5.32 Å². The molecule has 0 spiro atoms. The second-order valence-electron chi connectivity index (χ2n) is 5.59. The van der Waals surface area contributed by atoms with Crippen LogP contribution in [0.5, 0.6) is 0 Å². The molecule has 2 aromatic rings. The lowest BCUT2D eigenvalue weighted by Crippen LogP contribution is -2.32. The third-order valence-corrected chi connectivity index (χ3v) is 4.47. The van der Waals surface area contributed by atoms with Gasteiger partial charge in [-0.3, -0.25) is 9.59 Å². The molecular weight excluding hydrogens is 356 g/mol. The molecule has 0 unspecified atom stereocenters. The van der Waals surface area contributed by atoms with Gasteiger partial charge in [0.15, 0.2) is 0 Å². The summed E-state index contributed by atoms with van der Waals surface area (Å²) in [5, 5.41) is 2.92. The highest BCUT2D eigenvalue weighted by atomic mass is 79.9. The van der Waals surface area contributed by atoms with Crippen molar-refractivity contribution in [3.63, 3.8) is 0 Å². The van der Waals surface area contributed by atoms with Gasteiger partial charge >= 0.3 is 0 Å². The molecule has 1 saturated heterocycles. The van der Waals surface area contributed by atoms with Gasteiger partial charge in [-0.1, -0.05) is 46.3 Å².